The molecule has 0 aliphatic heterocycles. The molecule has 0 saturated carbocycles. The van der Waals surface area contributed by atoms with Crippen molar-refractivity contribution in [2.24, 2.45) is 10.9 Å². The molecule has 5 nitrogen and oxygen atoms in total. The van der Waals surface area contributed by atoms with E-state index in [4.69, 9.17) is 9.84 Å². The molecule has 22 heavy (non-hydrogen) atoms. The first-order chi connectivity index (χ1) is 10.6. The van der Waals surface area contributed by atoms with Crippen molar-refractivity contribution in [2.45, 2.75) is 13.8 Å². The van der Waals surface area contributed by atoms with E-state index in [-0.39, 0.29) is 24.1 Å². The van der Waals surface area contributed by atoms with E-state index in [9.17, 15) is 4.39 Å². The van der Waals surface area contributed by atoms with Gasteiger partial charge in [0.05, 0.1) is 6.54 Å². The van der Waals surface area contributed by atoms with E-state index in [0.29, 0.717) is 19.7 Å². The lowest BCUT2D eigenvalue weighted by Crippen LogP contribution is -2.41. The summed E-state index contributed by atoms with van der Waals surface area (Å²) in [5.74, 6) is 0.769. The second-order valence-corrected chi connectivity index (χ2v) is 5.18. The number of nitrogens with zero attached hydrogens (tertiary/aromatic N) is 2. The van der Waals surface area contributed by atoms with E-state index >= 15 is 0 Å². The first-order valence-electron chi connectivity index (χ1n) is 7.56. The van der Waals surface area contributed by atoms with Crippen LogP contribution >= 0.6 is 0 Å². The number of para-hydroxylation sites is 1. The molecule has 1 rings (SSSR count). The van der Waals surface area contributed by atoms with E-state index < -0.39 is 0 Å². The fourth-order valence-corrected chi connectivity index (χ4v) is 1.73. The SMILES string of the molecule is CCNC(=NCC(C)CO)N(C)CCOc1ccccc1F. The minimum Gasteiger partial charge on any atom is -0.489 e. The Bertz CT molecular complexity index is 468. The Balaban J connectivity index is 2.49. The van der Waals surface area contributed by atoms with Crippen LogP contribution in [0, 0.1) is 11.7 Å². The van der Waals surface area contributed by atoms with Gasteiger partial charge in [-0.1, -0.05) is 19.1 Å². The van der Waals surface area contributed by atoms with E-state index in [2.05, 4.69) is 10.3 Å². The molecule has 0 radical (unpaired) electrons. The normalized spacial score (nSPS) is 12.9. The molecule has 1 atom stereocenters. The van der Waals surface area contributed by atoms with Gasteiger partial charge in [-0.05, 0) is 25.0 Å². The number of halogens is 1. The summed E-state index contributed by atoms with van der Waals surface area (Å²) >= 11 is 0. The zero-order valence-corrected chi connectivity index (χ0v) is 13.6. The number of aliphatic hydroxyl groups is 1. The number of aliphatic imine (C=N–C) groups is 1. The topological polar surface area (TPSA) is 57.1 Å². The maximum absolute atomic E-state index is 13.4. The Hall–Kier alpha value is -1.82. The molecule has 0 aromatic heterocycles. The van der Waals surface area contributed by atoms with Gasteiger partial charge in [0.15, 0.2) is 17.5 Å². The molecule has 0 fully saturated rings. The number of hydrogen-bond acceptors (Lipinski definition) is 3. The largest absolute Gasteiger partial charge is 0.489 e. The number of benzene rings is 1. The molecule has 1 aromatic rings. The summed E-state index contributed by atoms with van der Waals surface area (Å²) in [4.78, 5) is 6.39. The minimum absolute atomic E-state index is 0.114. The van der Waals surface area contributed by atoms with Crippen molar-refractivity contribution in [3.63, 3.8) is 0 Å². The number of rotatable bonds is 8. The molecular weight excluding hydrogens is 285 g/mol. The molecule has 1 aromatic carbocycles. The van der Waals surface area contributed by atoms with Crippen LogP contribution < -0.4 is 10.1 Å². The van der Waals surface area contributed by atoms with Crippen LogP contribution in [-0.4, -0.2) is 55.9 Å². The maximum Gasteiger partial charge on any atom is 0.193 e. The highest BCUT2D eigenvalue weighted by atomic mass is 19.1. The molecule has 0 aliphatic rings. The Kier molecular flexibility index (Phi) is 8.28. The van der Waals surface area contributed by atoms with Gasteiger partial charge < -0.3 is 20.1 Å². The van der Waals surface area contributed by atoms with Gasteiger partial charge in [-0.25, -0.2) is 4.39 Å². The van der Waals surface area contributed by atoms with Crippen molar-refractivity contribution in [3.8, 4) is 5.75 Å². The number of hydrogen-bond donors (Lipinski definition) is 2. The standard InChI is InChI=1S/C16H26FN3O2/c1-4-18-16(19-11-13(2)12-21)20(3)9-10-22-15-8-6-5-7-14(15)17/h5-8,13,21H,4,9-12H2,1-3H3,(H,18,19). The Morgan fingerprint density at radius 3 is 2.82 bits per heavy atom. The minimum atomic E-state index is -0.359. The number of guanidine groups is 1. The first kappa shape index (κ1) is 18.2. The Labute approximate surface area is 131 Å². The van der Waals surface area contributed by atoms with Gasteiger partial charge in [0.2, 0.25) is 0 Å². The van der Waals surface area contributed by atoms with Gasteiger partial charge in [0, 0.05) is 26.7 Å². The van der Waals surface area contributed by atoms with Crippen molar-refractivity contribution in [1.82, 2.24) is 10.2 Å². The van der Waals surface area contributed by atoms with Gasteiger partial charge in [0.25, 0.3) is 0 Å². The van der Waals surface area contributed by atoms with Gasteiger partial charge in [-0.3, -0.25) is 4.99 Å². The van der Waals surface area contributed by atoms with Crippen LogP contribution in [0.2, 0.25) is 0 Å². The summed E-state index contributed by atoms with van der Waals surface area (Å²) in [6, 6.07) is 6.36. The Morgan fingerprint density at radius 2 is 2.18 bits per heavy atom. The van der Waals surface area contributed by atoms with Crippen LogP contribution in [-0.2, 0) is 0 Å². The van der Waals surface area contributed by atoms with E-state index in [0.717, 1.165) is 12.5 Å². The fraction of sp³-hybridized carbons (Fsp3) is 0.562. The van der Waals surface area contributed by atoms with Gasteiger partial charge >= 0.3 is 0 Å². The van der Waals surface area contributed by atoms with E-state index in [1.807, 2.05) is 25.8 Å². The summed E-state index contributed by atoms with van der Waals surface area (Å²) in [5.41, 5.74) is 0. The summed E-state index contributed by atoms with van der Waals surface area (Å²) in [6.07, 6.45) is 0. The van der Waals surface area contributed by atoms with Crippen LogP contribution in [0.25, 0.3) is 0 Å². The molecular formula is C16H26FN3O2. The van der Waals surface area contributed by atoms with Crippen LogP contribution in [0.5, 0.6) is 5.75 Å². The van der Waals surface area contributed by atoms with Gasteiger partial charge in [-0.2, -0.15) is 0 Å². The molecule has 0 spiro atoms. The summed E-state index contributed by atoms with van der Waals surface area (Å²) in [5, 5.41) is 12.2. The van der Waals surface area contributed by atoms with Crippen molar-refractivity contribution >= 4 is 5.96 Å². The molecule has 0 bridgehead atoms. The third kappa shape index (κ3) is 6.30. The third-order valence-corrected chi connectivity index (χ3v) is 3.08. The average molecular weight is 311 g/mol. The molecule has 0 amide bonds. The molecule has 0 aliphatic carbocycles. The van der Waals surface area contributed by atoms with Crippen LogP contribution in [0.4, 0.5) is 4.39 Å². The molecule has 0 saturated heterocycles. The third-order valence-electron chi connectivity index (χ3n) is 3.08. The predicted octanol–water partition coefficient (Wildman–Crippen LogP) is 1.73. The monoisotopic (exact) mass is 311 g/mol. The van der Waals surface area contributed by atoms with Gasteiger partial charge in [0.1, 0.15) is 6.61 Å². The Morgan fingerprint density at radius 1 is 1.45 bits per heavy atom. The molecule has 1 unspecified atom stereocenters. The van der Waals surface area contributed by atoms with Crippen molar-refractivity contribution in [2.75, 3.05) is 39.9 Å². The van der Waals surface area contributed by atoms with E-state index in [1.54, 1.807) is 18.2 Å². The number of aliphatic hydroxyl groups excluding tert-OH is 1. The van der Waals surface area contributed by atoms with Crippen molar-refractivity contribution in [1.29, 1.82) is 0 Å². The fourth-order valence-electron chi connectivity index (χ4n) is 1.73. The average Bonchev–Trinajstić information content (AvgIpc) is 2.52. The van der Waals surface area contributed by atoms with Crippen LogP contribution in [0.1, 0.15) is 13.8 Å². The second kappa shape index (κ2) is 10.00. The lowest BCUT2D eigenvalue weighted by atomic mass is 10.2. The number of nitrogens with one attached hydrogen (secondary N) is 1. The summed E-state index contributed by atoms with van der Waals surface area (Å²) in [7, 11) is 1.90. The maximum atomic E-state index is 13.4. The lowest BCUT2D eigenvalue weighted by molar-refractivity contribution is 0.240. The van der Waals surface area contributed by atoms with Crippen molar-refractivity contribution in [3.05, 3.63) is 30.1 Å². The van der Waals surface area contributed by atoms with Crippen molar-refractivity contribution < 1.29 is 14.2 Å². The summed E-state index contributed by atoms with van der Waals surface area (Å²) < 4.78 is 18.9. The zero-order valence-electron chi connectivity index (χ0n) is 13.6. The first-order valence-corrected chi connectivity index (χ1v) is 7.56. The highest BCUT2D eigenvalue weighted by molar-refractivity contribution is 5.79. The smallest absolute Gasteiger partial charge is 0.193 e. The number of ether oxygens (including phenoxy) is 1. The number of likely N-dealkylation sites (N-methyl/N-ethyl adjacent to an activating group) is 1. The molecule has 6 heteroatoms. The van der Waals surface area contributed by atoms with Gasteiger partial charge in [-0.15, -0.1) is 0 Å². The molecule has 2 N–H and O–H groups in total. The van der Waals surface area contributed by atoms with E-state index in [1.165, 1.54) is 6.07 Å². The molecule has 124 valence electrons. The predicted molar refractivity (Wildman–Crippen MR) is 86.8 cm³/mol. The molecule has 0 heterocycles. The zero-order chi connectivity index (χ0) is 16.4. The lowest BCUT2D eigenvalue weighted by Gasteiger charge is -2.22. The second-order valence-electron chi connectivity index (χ2n) is 5.18. The van der Waals surface area contributed by atoms with Crippen LogP contribution in [0.3, 0.4) is 0 Å². The van der Waals surface area contributed by atoms with Crippen LogP contribution in [0.15, 0.2) is 29.3 Å². The highest BCUT2D eigenvalue weighted by Crippen LogP contribution is 2.14. The summed E-state index contributed by atoms with van der Waals surface area (Å²) in [6.45, 7) is 6.29. The highest BCUT2D eigenvalue weighted by Gasteiger charge is 2.08. The quantitative estimate of drug-likeness (QED) is 0.567.